The molecule has 1 heterocycles. The molecule has 1 aromatic heterocycles. The number of anilines is 1. The van der Waals surface area contributed by atoms with Crippen molar-refractivity contribution in [1.82, 2.24) is 14.8 Å². The van der Waals surface area contributed by atoms with E-state index in [2.05, 4.69) is 14.8 Å². The summed E-state index contributed by atoms with van der Waals surface area (Å²) in [6, 6.07) is 1.15. The second kappa shape index (κ2) is 5.05. The maximum absolute atomic E-state index is 13.8. The van der Waals surface area contributed by atoms with Gasteiger partial charge in [0.05, 0.1) is 0 Å². The first-order chi connectivity index (χ1) is 9.33. The molecule has 2 aromatic rings. The number of rotatable bonds is 4. The Morgan fingerprint density at radius 1 is 1.35 bits per heavy atom. The number of nitrogens with zero attached hydrogens (tertiary/aromatic N) is 3. The van der Waals surface area contributed by atoms with E-state index in [-0.39, 0.29) is 5.13 Å². The molecule has 106 valence electrons. The van der Waals surface area contributed by atoms with Gasteiger partial charge in [0.25, 0.3) is 10.0 Å². The Balaban J connectivity index is 2.53. The van der Waals surface area contributed by atoms with Crippen molar-refractivity contribution in [3.8, 4) is 0 Å². The predicted octanol–water partition coefficient (Wildman–Crippen LogP) is 0.710. The molecule has 0 saturated heterocycles. The number of aromatic nitrogens is 3. The fourth-order valence-corrected chi connectivity index (χ4v) is 2.95. The highest BCUT2D eigenvalue weighted by atomic mass is 32.2. The number of carboxylic acids is 1. The second-order valence-electron chi connectivity index (χ2n) is 3.31. The Hall–Kier alpha value is -2.21. The minimum atomic E-state index is -4.47. The number of sulfonamides is 1. The van der Waals surface area contributed by atoms with Crippen molar-refractivity contribution in [1.29, 1.82) is 0 Å². The molecule has 12 heteroatoms. The van der Waals surface area contributed by atoms with Crippen LogP contribution in [0.25, 0.3) is 0 Å². The number of aromatic carboxylic acids is 1. The number of nitrogens with one attached hydrogen (secondary N) is 1. The fourth-order valence-electron chi connectivity index (χ4n) is 1.28. The number of hydrogen-bond acceptors (Lipinski definition) is 7. The van der Waals surface area contributed by atoms with Gasteiger partial charge in [-0.1, -0.05) is 9.59 Å². The van der Waals surface area contributed by atoms with Crippen LogP contribution >= 0.6 is 11.5 Å². The van der Waals surface area contributed by atoms with Crippen LogP contribution in [-0.4, -0.2) is 34.3 Å². The van der Waals surface area contributed by atoms with Gasteiger partial charge in [-0.2, -0.15) is 0 Å². The van der Waals surface area contributed by atoms with Crippen LogP contribution in [0.3, 0.4) is 0 Å². The van der Waals surface area contributed by atoms with Gasteiger partial charge in [0, 0.05) is 11.5 Å². The monoisotopic (exact) mass is 322 g/mol. The SMILES string of the molecule is O=C(O)c1c(F)ccc(S(=O)(=O)Nc2nnns2)c1F. The molecule has 0 spiro atoms. The molecule has 0 bridgehead atoms. The van der Waals surface area contributed by atoms with Crippen LogP contribution < -0.4 is 4.72 Å². The number of halogens is 2. The van der Waals surface area contributed by atoms with Crippen molar-refractivity contribution in [2.45, 2.75) is 4.90 Å². The molecule has 1 aromatic carbocycles. The number of hydrogen-bond donors (Lipinski definition) is 2. The third-order valence-electron chi connectivity index (χ3n) is 2.08. The van der Waals surface area contributed by atoms with Crippen molar-refractivity contribution in [2.24, 2.45) is 0 Å². The summed E-state index contributed by atoms with van der Waals surface area (Å²) in [5.41, 5.74) is -1.36. The van der Waals surface area contributed by atoms with Crippen LogP contribution in [0.2, 0.25) is 0 Å². The molecule has 0 atom stereocenters. The number of benzene rings is 1. The highest BCUT2D eigenvalue weighted by Crippen LogP contribution is 2.23. The van der Waals surface area contributed by atoms with Crippen molar-refractivity contribution < 1.29 is 27.1 Å². The molecule has 2 rings (SSSR count). The van der Waals surface area contributed by atoms with Crippen molar-refractivity contribution in [3.63, 3.8) is 0 Å². The van der Waals surface area contributed by atoms with Gasteiger partial charge < -0.3 is 5.11 Å². The molecule has 0 unspecified atom stereocenters. The summed E-state index contributed by atoms with van der Waals surface area (Å²) in [6.07, 6.45) is 0. The lowest BCUT2D eigenvalue weighted by atomic mass is 10.2. The van der Waals surface area contributed by atoms with E-state index in [1.165, 1.54) is 0 Å². The zero-order valence-corrected chi connectivity index (χ0v) is 10.9. The van der Waals surface area contributed by atoms with Crippen molar-refractivity contribution in [3.05, 3.63) is 29.3 Å². The van der Waals surface area contributed by atoms with E-state index >= 15 is 0 Å². The van der Waals surface area contributed by atoms with E-state index in [9.17, 15) is 22.0 Å². The Morgan fingerprint density at radius 3 is 2.60 bits per heavy atom. The Kier molecular flexibility index (Phi) is 3.59. The lowest BCUT2D eigenvalue weighted by Gasteiger charge is -2.07. The molecular formula is C8H4F2N4O4S2. The van der Waals surface area contributed by atoms with Gasteiger partial charge in [-0.05, 0) is 17.3 Å². The Morgan fingerprint density at radius 2 is 2.05 bits per heavy atom. The largest absolute Gasteiger partial charge is 0.477 e. The summed E-state index contributed by atoms with van der Waals surface area (Å²) in [5.74, 6) is -5.01. The van der Waals surface area contributed by atoms with Crippen LogP contribution in [0.1, 0.15) is 10.4 Å². The predicted molar refractivity (Wildman–Crippen MR) is 61.8 cm³/mol. The van der Waals surface area contributed by atoms with Crippen molar-refractivity contribution >= 4 is 32.7 Å². The zero-order chi connectivity index (χ0) is 14.9. The van der Waals surface area contributed by atoms with E-state index in [0.29, 0.717) is 23.7 Å². The van der Waals surface area contributed by atoms with E-state index in [1.807, 2.05) is 4.72 Å². The molecule has 20 heavy (non-hydrogen) atoms. The number of carbonyl (C=O) groups is 1. The molecule has 2 N–H and O–H groups in total. The molecule has 0 radical (unpaired) electrons. The fraction of sp³-hybridized carbons (Fsp3) is 0. The van der Waals surface area contributed by atoms with E-state index in [4.69, 9.17) is 5.11 Å². The number of carboxylic acid groups (broad SMARTS) is 1. The first-order valence-electron chi connectivity index (χ1n) is 4.72. The van der Waals surface area contributed by atoms with E-state index in [0.717, 1.165) is 0 Å². The minimum absolute atomic E-state index is 0.245. The second-order valence-corrected chi connectivity index (χ2v) is 5.70. The minimum Gasteiger partial charge on any atom is -0.477 e. The first-order valence-corrected chi connectivity index (χ1v) is 6.97. The third kappa shape index (κ3) is 2.55. The first kappa shape index (κ1) is 14.2. The summed E-state index contributed by atoms with van der Waals surface area (Å²) in [7, 11) is -4.47. The summed E-state index contributed by atoms with van der Waals surface area (Å²) < 4.78 is 55.8. The van der Waals surface area contributed by atoms with Gasteiger partial charge >= 0.3 is 5.97 Å². The maximum Gasteiger partial charge on any atom is 0.341 e. The molecule has 0 aliphatic carbocycles. The van der Waals surface area contributed by atoms with Gasteiger partial charge in [-0.25, -0.2) is 22.0 Å². The third-order valence-corrected chi connectivity index (χ3v) is 4.08. The normalized spacial score (nSPS) is 11.3. The zero-order valence-electron chi connectivity index (χ0n) is 9.24. The standard InChI is InChI=1S/C8H4F2N4O4S2/c9-3-1-2-4(6(10)5(3)7(15)16)20(17,18)12-8-11-13-14-19-8/h1-2H,(H,15,16)(H,11,12,14). The quantitative estimate of drug-likeness (QED) is 0.850. The average molecular weight is 322 g/mol. The topological polar surface area (TPSA) is 122 Å². The highest BCUT2D eigenvalue weighted by molar-refractivity contribution is 7.93. The van der Waals surface area contributed by atoms with Gasteiger partial charge in [0.2, 0.25) is 5.13 Å². The Labute approximate surface area is 114 Å². The summed E-state index contributed by atoms with van der Waals surface area (Å²) in [5, 5.41) is 14.8. The molecule has 0 aliphatic rings. The van der Waals surface area contributed by atoms with E-state index in [1.54, 1.807) is 0 Å². The van der Waals surface area contributed by atoms with Gasteiger partial charge in [-0.3, -0.25) is 4.72 Å². The lowest BCUT2D eigenvalue weighted by Crippen LogP contribution is -2.17. The van der Waals surface area contributed by atoms with Crippen molar-refractivity contribution in [2.75, 3.05) is 4.72 Å². The average Bonchev–Trinajstić information content (AvgIpc) is 2.79. The highest BCUT2D eigenvalue weighted by Gasteiger charge is 2.27. The van der Waals surface area contributed by atoms with Crippen LogP contribution in [-0.2, 0) is 10.0 Å². The summed E-state index contributed by atoms with van der Waals surface area (Å²) >= 11 is 0.589. The van der Waals surface area contributed by atoms with Crippen LogP contribution in [0.15, 0.2) is 17.0 Å². The summed E-state index contributed by atoms with van der Waals surface area (Å²) in [4.78, 5) is 9.69. The lowest BCUT2D eigenvalue weighted by molar-refractivity contribution is 0.0685. The van der Waals surface area contributed by atoms with Gasteiger partial charge in [0.15, 0.2) is 5.82 Å². The maximum atomic E-state index is 13.8. The van der Waals surface area contributed by atoms with Crippen LogP contribution in [0, 0.1) is 11.6 Å². The molecule has 0 aliphatic heterocycles. The molecule has 0 fully saturated rings. The molecule has 8 nitrogen and oxygen atoms in total. The summed E-state index contributed by atoms with van der Waals surface area (Å²) in [6.45, 7) is 0. The Bertz CT molecular complexity index is 763. The molecular weight excluding hydrogens is 318 g/mol. The van der Waals surface area contributed by atoms with Gasteiger partial charge in [0.1, 0.15) is 16.3 Å². The van der Waals surface area contributed by atoms with E-state index < -0.39 is 38.1 Å². The molecule has 0 amide bonds. The van der Waals surface area contributed by atoms with Crippen LogP contribution in [0.4, 0.5) is 13.9 Å². The van der Waals surface area contributed by atoms with Crippen LogP contribution in [0.5, 0.6) is 0 Å². The molecule has 0 saturated carbocycles. The van der Waals surface area contributed by atoms with Gasteiger partial charge in [-0.15, -0.1) is 0 Å². The smallest absolute Gasteiger partial charge is 0.341 e.